The van der Waals surface area contributed by atoms with Gasteiger partial charge in [-0.15, -0.1) is 0 Å². The van der Waals surface area contributed by atoms with E-state index in [2.05, 4.69) is 15.3 Å². The van der Waals surface area contributed by atoms with E-state index < -0.39 is 0 Å². The van der Waals surface area contributed by atoms with Crippen molar-refractivity contribution in [2.75, 3.05) is 6.54 Å². The fourth-order valence-electron chi connectivity index (χ4n) is 2.97. The zero-order chi connectivity index (χ0) is 16.6. The zero-order valence-electron chi connectivity index (χ0n) is 13.8. The highest BCUT2D eigenvalue weighted by Gasteiger charge is 2.15. The van der Waals surface area contributed by atoms with E-state index in [1.807, 2.05) is 12.1 Å². The molecule has 0 atom stereocenters. The summed E-state index contributed by atoms with van der Waals surface area (Å²) >= 11 is 0. The van der Waals surface area contributed by atoms with Gasteiger partial charge in [0.05, 0.1) is 5.56 Å². The molecule has 5 nitrogen and oxygen atoms in total. The predicted octanol–water partition coefficient (Wildman–Crippen LogP) is 3.37. The van der Waals surface area contributed by atoms with E-state index in [0.717, 1.165) is 12.1 Å². The van der Waals surface area contributed by atoms with Gasteiger partial charge >= 0.3 is 0 Å². The first-order valence-corrected chi connectivity index (χ1v) is 8.57. The number of amides is 1. The standard InChI is InChI=1S/C19H23N3O2/c23-19(22-12-15-4-2-1-3-5-15)17-6-7-18(21-13-17)24-14-16-8-10-20-11-9-16/h6-11,13,15H,1-5,12,14H2,(H,22,23). The van der Waals surface area contributed by atoms with Crippen molar-refractivity contribution < 1.29 is 9.53 Å². The number of carbonyl (C=O) groups is 1. The van der Waals surface area contributed by atoms with E-state index in [1.165, 1.54) is 32.1 Å². The molecule has 126 valence electrons. The van der Waals surface area contributed by atoms with Crippen molar-refractivity contribution in [3.05, 3.63) is 54.0 Å². The summed E-state index contributed by atoms with van der Waals surface area (Å²) in [6, 6.07) is 7.28. The number of carbonyl (C=O) groups excluding carboxylic acids is 1. The predicted molar refractivity (Wildman–Crippen MR) is 91.7 cm³/mol. The lowest BCUT2D eigenvalue weighted by Crippen LogP contribution is -2.30. The van der Waals surface area contributed by atoms with Crippen LogP contribution in [-0.2, 0) is 6.61 Å². The highest BCUT2D eigenvalue weighted by atomic mass is 16.5. The Hall–Kier alpha value is -2.43. The lowest BCUT2D eigenvalue weighted by Gasteiger charge is -2.21. The smallest absolute Gasteiger partial charge is 0.252 e. The Morgan fingerprint density at radius 2 is 1.92 bits per heavy atom. The van der Waals surface area contributed by atoms with Gasteiger partial charge in [0.15, 0.2) is 0 Å². The fraction of sp³-hybridized carbons (Fsp3) is 0.421. The van der Waals surface area contributed by atoms with Gasteiger partial charge in [-0.2, -0.15) is 0 Å². The molecule has 0 radical (unpaired) electrons. The maximum absolute atomic E-state index is 12.2. The number of aromatic nitrogens is 2. The third-order valence-electron chi connectivity index (χ3n) is 4.41. The normalized spacial score (nSPS) is 15.0. The van der Waals surface area contributed by atoms with Gasteiger partial charge in [-0.25, -0.2) is 4.98 Å². The molecule has 0 spiro atoms. The first-order chi connectivity index (χ1) is 11.8. The Labute approximate surface area is 142 Å². The fourth-order valence-corrected chi connectivity index (χ4v) is 2.97. The first-order valence-electron chi connectivity index (χ1n) is 8.57. The molecular formula is C19H23N3O2. The molecule has 0 aliphatic heterocycles. The molecule has 3 rings (SSSR count). The van der Waals surface area contributed by atoms with Crippen LogP contribution in [0.3, 0.4) is 0 Å². The molecule has 2 aromatic heterocycles. The number of rotatable bonds is 6. The molecule has 0 bridgehead atoms. The quantitative estimate of drug-likeness (QED) is 0.884. The minimum Gasteiger partial charge on any atom is -0.473 e. The Balaban J connectivity index is 1.47. The summed E-state index contributed by atoms with van der Waals surface area (Å²) in [4.78, 5) is 20.4. The monoisotopic (exact) mass is 325 g/mol. The highest BCUT2D eigenvalue weighted by molar-refractivity contribution is 5.93. The average molecular weight is 325 g/mol. The maximum atomic E-state index is 12.2. The van der Waals surface area contributed by atoms with Gasteiger partial charge in [0.25, 0.3) is 5.91 Å². The van der Waals surface area contributed by atoms with Gasteiger partial charge < -0.3 is 10.1 Å². The number of ether oxygens (including phenoxy) is 1. The van der Waals surface area contributed by atoms with Crippen molar-refractivity contribution in [1.29, 1.82) is 0 Å². The molecule has 0 aromatic carbocycles. The molecule has 1 amide bonds. The Bertz CT molecular complexity index is 637. The van der Waals surface area contributed by atoms with Crippen molar-refractivity contribution in [1.82, 2.24) is 15.3 Å². The van der Waals surface area contributed by atoms with Crippen molar-refractivity contribution in [2.24, 2.45) is 5.92 Å². The minimum atomic E-state index is -0.0613. The van der Waals surface area contributed by atoms with E-state index in [4.69, 9.17) is 4.74 Å². The van der Waals surface area contributed by atoms with Crippen LogP contribution in [0.25, 0.3) is 0 Å². The second kappa shape index (κ2) is 8.43. The first kappa shape index (κ1) is 16.4. The molecule has 1 N–H and O–H groups in total. The third kappa shape index (κ3) is 4.78. The molecular weight excluding hydrogens is 302 g/mol. The molecule has 5 heteroatoms. The van der Waals surface area contributed by atoms with Crippen LogP contribution in [0.15, 0.2) is 42.9 Å². The van der Waals surface area contributed by atoms with Crippen LogP contribution in [-0.4, -0.2) is 22.4 Å². The lowest BCUT2D eigenvalue weighted by molar-refractivity contribution is 0.0943. The van der Waals surface area contributed by atoms with Gasteiger partial charge in [-0.3, -0.25) is 9.78 Å². The zero-order valence-corrected chi connectivity index (χ0v) is 13.8. The summed E-state index contributed by atoms with van der Waals surface area (Å²) in [7, 11) is 0. The van der Waals surface area contributed by atoms with Gasteiger partial charge in [0.1, 0.15) is 6.61 Å². The molecule has 2 heterocycles. The average Bonchev–Trinajstić information content (AvgIpc) is 2.66. The van der Waals surface area contributed by atoms with Gasteiger partial charge in [0.2, 0.25) is 5.88 Å². The van der Waals surface area contributed by atoms with Gasteiger partial charge in [-0.05, 0) is 42.5 Å². The SMILES string of the molecule is O=C(NCC1CCCCC1)c1ccc(OCc2ccncc2)nc1. The summed E-state index contributed by atoms with van der Waals surface area (Å²) in [6.45, 7) is 1.20. The number of nitrogens with zero attached hydrogens (tertiary/aromatic N) is 2. The van der Waals surface area contributed by atoms with Crippen molar-refractivity contribution in [3.8, 4) is 5.88 Å². The molecule has 1 saturated carbocycles. The Morgan fingerprint density at radius 1 is 1.12 bits per heavy atom. The van der Waals surface area contributed by atoms with Crippen LogP contribution >= 0.6 is 0 Å². The van der Waals surface area contributed by atoms with Crippen molar-refractivity contribution in [3.63, 3.8) is 0 Å². The van der Waals surface area contributed by atoms with Crippen LogP contribution in [0, 0.1) is 5.92 Å². The number of pyridine rings is 2. The summed E-state index contributed by atoms with van der Waals surface area (Å²) in [5.74, 6) is 1.07. The highest BCUT2D eigenvalue weighted by Crippen LogP contribution is 2.22. The molecule has 24 heavy (non-hydrogen) atoms. The van der Waals surface area contributed by atoms with E-state index in [-0.39, 0.29) is 5.91 Å². The van der Waals surface area contributed by atoms with E-state index in [1.54, 1.807) is 30.7 Å². The molecule has 1 aliphatic rings. The second-order valence-corrected chi connectivity index (χ2v) is 6.24. The van der Waals surface area contributed by atoms with Gasteiger partial charge in [0, 0.05) is 31.2 Å². The molecule has 1 fully saturated rings. The minimum absolute atomic E-state index is 0.0613. The van der Waals surface area contributed by atoms with E-state index >= 15 is 0 Å². The van der Waals surface area contributed by atoms with Crippen LogP contribution in [0.4, 0.5) is 0 Å². The molecule has 0 unspecified atom stereocenters. The summed E-state index contributed by atoms with van der Waals surface area (Å²) in [5.41, 5.74) is 1.60. The number of hydrogen-bond acceptors (Lipinski definition) is 4. The largest absolute Gasteiger partial charge is 0.473 e. The van der Waals surface area contributed by atoms with E-state index in [0.29, 0.717) is 24.0 Å². The topological polar surface area (TPSA) is 64.1 Å². The third-order valence-corrected chi connectivity index (χ3v) is 4.41. The summed E-state index contributed by atoms with van der Waals surface area (Å²) in [5, 5.41) is 3.02. The molecule has 2 aromatic rings. The van der Waals surface area contributed by atoms with E-state index in [9.17, 15) is 4.79 Å². The van der Waals surface area contributed by atoms with Crippen LogP contribution in [0.2, 0.25) is 0 Å². The second-order valence-electron chi connectivity index (χ2n) is 6.24. The summed E-state index contributed by atoms with van der Waals surface area (Å²) in [6.07, 6.45) is 11.4. The van der Waals surface area contributed by atoms with Crippen LogP contribution in [0.1, 0.15) is 48.0 Å². The van der Waals surface area contributed by atoms with Crippen molar-refractivity contribution in [2.45, 2.75) is 38.7 Å². The molecule has 0 saturated heterocycles. The maximum Gasteiger partial charge on any atom is 0.252 e. The molecule has 1 aliphatic carbocycles. The number of nitrogens with one attached hydrogen (secondary N) is 1. The summed E-state index contributed by atoms with van der Waals surface area (Å²) < 4.78 is 5.61. The van der Waals surface area contributed by atoms with Crippen molar-refractivity contribution >= 4 is 5.91 Å². The lowest BCUT2D eigenvalue weighted by atomic mass is 9.89. The Kier molecular flexibility index (Phi) is 5.77. The van der Waals surface area contributed by atoms with Crippen LogP contribution in [0.5, 0.6) is 5.88 Å². The van der Waals surface area contributed by atoms with Crippen LogP contribution < -0.4 is 10.1 Å². The number of hydrogen-bond donors (Lipinski definition) is 1. The Morgan fingerprint density at radius 3 is 2.62 bits per heavy atom. The van der Waals surface area contributed by atoms with Gasteiger partial charge in [-0.1, -0.05) is 19.3 Å².